The van der Waals surface area contributed by atoms with Crippen LogP contribution in [-0.4, -0.2) is 19.7 Å². The van der Waals surface area contributed by atoms with Gasteiger partial charge in [0, 0.05) is 29.7 Å². The largest absolute Gasteiger partial charge is 0.306 e. The predicted molar refractivity (Wildman–Crippen MR) is 99.7 cm³/mol. The summed E-state index contributed by atoms with van der Waals surface area (Å²) in [7, 11) is 0. The first-order valence-electron chi connectivity index (χ1n) is 8.05. The van der Waals surface area contributed by atoms with Crippen molar-refractivity contribution < 1.29 is 0 Å². The second-order valence-corrected chi connectivity index (χ2v) is 7.98. The van der Waals surface area contributed by atoms with Crippen LogP contribution in [0.2, 0.25) is 5.02 Å². The summed E-state index contributed by atoms with van der Waals surface area (Å²) >= 11 is 9.61. The number of aryl methyl sites for hydroxylation is 1. The van der Waals surface area contributed by atoms with Crippen LogP contribution >= 0.6 is 34.7 Å². The van der Waals surface area contributed by atoms with E-state index in [1.165, 1.54) is 19.3 Å². The van der Waals surface area contributed by atoms with E-state index < -0.39 is 0 Å². The standard InChI is InChI=1S/C17H17ClN4S2/c18-14-7-4-3-6-13(14)16-19-12(10-23-16)11-24-17-21-20-15-8-2-1-5-9-22(15)17/h3-4,6-7,10H,1-2,5,8-9,11H2. The van der Waals surface area contributed by atoms with E-state index in [9.17, 15) is 0 Å². The van der Waals surface area contributed by atoms with Crippen LogP contribution in [0.1, 0.15) is 30.8 Å². The maximum Gasteiger partial charge on any atom is 0.191 e. The van der Waals surface area contributed by atoms with Crippen molar-refractivity contribution in [2.75, 3.05) is 0 Å². The molecule has 0 saturated heterocycles. The van der Waals surface area contributed by atoms with Crippen LogP contribution in [-0.2, 0) is 18.7 Å². The average molecular weight is 377 g/mol. The van der Waals surface area contributed by atoms with Gasteiger partial charge in [0.25, 0.3) is 0 Å². The Hall–Kier alpha value is -1.37. The molecule has 4 nitrogen and oxygen atoms in total. The first kappa shape index (κ1) is 16.1. The third kappa shape index (κ3) is 3.36. The van der Waals surface area contributed by atoms with E-state index in [0.717, 1.165) is 51.0 Å². The SMILES string of the molecule is Clc1ccccc1-c1nc(CSc2nnc3n2CCCCC3)cs1. The molecular weight excluding hydrogens is 360 g/mol. The Labute approximate surface area is 154 Å². The second kappa shape index (κ2) is 7.25. The summed E-state index contributed by atoms with van der Waals surface area (Å²) < 4.78 is 2.28. The molecule has 1 aromatic carbocycles. The van der Waals surface area contributed by atoms with Crippen molar-refractivity contribution in [3.8, 4) is 10.6 Å². The van der Waals surface area contributed by atoms with Crippen molar-refractivity contribution in [2.24, 2.45) is 0 Å². The number of thioether (sulfide) groups is 1. The maximum absolute atomic E-state index is 6.26. The number of thiazole rings is 1. The number of rotatable bonds is 4. The van der Waals surface area contributed by atoms with Gasteiger partial charge in [0.15, 0.2) is 5.16 Å². The monoisotopic (exact) mass is 376 g/mol. The number of benzene rings is 1. The van der Waals surface area contributed by atoms with E-state index in [1.54, 1.807) is 23.1 Å². The molecule has 0 bridgehead atoms. The van der Waals surface area contributed by atoms with Gasteiger partial charge in [-0.2, -0.15) is 0 Å². The minimum Gasteiger partial charge on any atom is -0.306 e. The zero-order valence-corrected chi connectivity index (χ0v) is 15.5. The molecule has 0 unspecified atom stereocenters. The molecule has 7 heteroatoms. The smallest absolute Gasteiger partial charge is 0.191 e. The fraction of sp³-hybridized carbons (Fsp3) is 0.353. The van der Waals surface area contributed by atoms with Crippen LogP contribution in [0.15, 0.2) is 34.8 Å². The quantitative estimate of drug-likeness (QED) is 0.596. The van der Waals surface area contributed by atoms with Gasteiger partial charge in [-0.3, -0.25) is 0 Å². The molecule has 0 aliphatic carbocycles. The normalized spacial score (nSPS) is 14.4. The van der Waals surface area contributed by atoms with Gasteiger partial charge in [0.1, 0.15) is 10.8 Å². The third-order valence-corrected chi connectivity index (χ3v) is 6.34. The van der Waals surface area contributed by atoms with Crippen LogP contribution in [0.4, 0.5) is 0 Å². The average Bonchev–Trinajstić information content (AvgIpc) is 3.14. The lowest BCUT2D eigenvalue weighted by Gasteiger charge is -2.05. The van der Waals surface area contributed by atoms with Crippen molar-refractivity contribution in [2.45, 2.75) is 43.1 Å². The molecule has 1 aliphatic heterocycles. The topological polar surface area (TPSA) is 43.6 Å². The zero-order valence-electron chi connectivity index (χ0n) is 13.1. The molecule has 4 rings (SSSR count). The number of fused-ring (bicyclic) bond motifs is 1. The van der Waals surface area contributed by atoms with E-state index in [0.29, 0.717) is 0 Å². The van der Waals surface area contributed by atoms with Gasteiger partial charge in [-0.15, -0.1) is 21.5 Å². The zero-order chi connectivity index (χ0) is 16.4. The van der Waals surface area contributed by atoms with Crippen molar-refractivity contribution in [3.05, 3.63) is 46.2 Å². The molecule has 0 spiro atoms. The molecule has 0 atom stereocenters. The number of aromatic nitrogens is 4. The number of hydrogen-bond donors (Lipinski definition) is 0. The van der Waals surface area contributed by atoms with E-state index in [-0.39, 0.29) is 0 Å². The number of nitrogens with zero attached hydrogens (tertiary/aromatic N) is 4. The lowest BCUT2D eigenvalue weighted by atomic mass is 10.2. The molecule has 3 aromatic rings. The Kier molecular flexibility index (Phi) is 4.87. The minimum atomic E-state index is 0.744. The molecule has 2 aromatic heterocycles. The summed E-state index contributed by atoms with van der Waals surface area (Å²) in [6, 6.07) is 7.84. The Balaban J connectivity index is 1.48. The van der Waals surface area contributed by atoms with Gasteiger partial charge in [-0.05, 0) is 18.9 Å². The van der Waals surface area contributed by atoms with E-state index in [4.69, 9.17) is 16.6 Å². The van der Waals surface area contributed by atoms with Crippen molar-refractivity contribution in [1.29, 1.82) is 0 Å². The molecule has 0 saturated carbocycles. The third-order valence-electron chi connectivity index (χ3n) is 4.08. The van der Waals surface area contributed by atoms with Gasteiger partial charge in [0.05, 0.1) is 10.7 Å². The van der Waals surface area contributed by atoms with Gasteiger partial charge >= 0.3 is 0 Å². The fourth-order valence-electron chi connectivity index (χ4n) is 2.84. The van der Waals surface area contributed by atoms with E-state index in [2.05, 4.69) is 20.1 Å². The lowest BCUT2D eigenvalue weighted by molar-refractivity contribution is 0.591. The summed E-state index contributed by atoms with van der Waals surface area (Å²) in [5.74, 6) is 1.93. The highest BCUT2D eigenvalue weighted by atomic mass is 35.5. The summed E-state index contributed by atoms with van der Waals surface area (Å²) in [4.78, 5) is 4.73. The minimum absolute atomic E-state index is 0.744. The highest BCUT2D eigenvalue weighted by Crippen LogP contribution is 2.32. The van der Waals surface area contributed by atoms with Gasteiger partial charge in [0.2, 0.25) is 0 Å². The number of hydrogen-bond acceptors (Lipinski definition) is 5. The molecule has 3 heterocycles. The summed E-state index contributed by atoms with van der Waals surface area (Å²) in [6.07, 6.45) is 4.75. The van der Waals surface area contributed by atoms with Crippen molar-refractivity contribution in [1.82, 2.24) is 19.7 Å². The molecule has 0 amide bonds. The maximum atomic E-state index is 6.26. The second-order valence-electron chi connectivity index (χ2n) is 5.77. The van der Waals surface area contributed by atoms with E-state index in [1.807, 2.05) is 24.3 Å². The number of halogens is 1. The molecule has 24 heavy (non-hydrogen) atoms. The van der Waals surface area contributed by atoms with Gasteiger partial charge in [-0.25, -0.2) is 4.98 Å². The highest BCUT2D eigenvalue weighted by Gasteiger charge is 2.16. The predicted octanol–water partition coefficient (Wildman–Crippen LogP) is 5.07. The fourth-order valence-corrected chi connectivity index (χ4v) is 4.96. The Morgan fingerprint density at radius 3 is 3.00 bits per heavy atom. The summed E-state index contributed by atoms with van der Waals surface area (Å²) in [5.41, 5.74) is 2.06. The summed E-state index contributed by atoms with van der Waals surface area (Å²) in [6.45, 7) is 1.03. The molecular formula is C17H17ClN4S2. The van der Waals surface area contributed by atoms with Crippen molar-refractivity contribution in [3.63, 3.8) is 0 Å². The van der Waals surface area contributed by atoms with E-state index >= 15 is 0 Å². The molecule has 1 aliphatic rings. The van der Waals surface area contributed by atoms with Gasteiger partial charge in [-0.1, -0.05) is 48.0 Å². The van der Waals surface area contributed by atoms with Crippen LogP contribution in [0, 0.1) is 0 Å². The summed E-state index contributed by atoms with van der Waals surface area (Å²) in [5, 5.41) is 13.5. The molecule has 0 radical (unpaired) electrons. The molecule has 0 fully saturated rings. The van der Waals surface area contributed by atoms with Crippen molar-refractivity contribution >= 4 is 34.7 Å². The molecule has 124 valence electrons. The van der Waals surface area contributed by atoms with Crippen LogP contribution in [0.5, 0.6) is 0 Å². The van der Waals surface area contributed by atoms with Crippen LogP contribution in [0.25, 0.3) is 10.6 Å². The first-order valence-corrected chi connectivity index (χ1v) is 10.3. The van der Waals surface area contributed by atoms with Crippen LogP contribution in [0.3, 0.4) is 0 Å². The first-order chi connectivity index (χ1) is 11.8. The lowest BCUT2D eigenvalue weighted by Crippen LogP contribution is -2.02. The van der Waals surface area contributed by atoms with Gasteiger partial charge < -0.3 is 4.57 Å². The molecule has 0 N–H and O–H groups in total. The van der Waals surface area contributed by atoms with Crippen LogP contribution < -0.4 is 0 Å². The Morgan fingerprint density at radius 2 is 2.08 bits per heavy atom. The highest BCUT2D eigenvalue weighted by molar-refractivity contribution is 7.98. The Morgan fingerprint density at radius 1 is 1.17 bits per heavy atom. The Bertz CT molecular complexity index is 843.